The molecule has 58 valence electrons. The predicted molar refractivity (Wildman–Crippen MR) is 46.2 cm³/mol. The number of esters is 1. The van der Waals surface area contributed by atoms with E-state index in [4.69, 9.17) is 4.74 Å². The van der Waals surface area contributed by atoms with Gasteiger partial charge in [0.1, 0.15) is 0 Å². The zero-order valence-electron chi connectivity index (χ0n) is 6.46. The molecule has 5 heteroatoms. The van der Waals surface area contributed by atoms with E-state index in [-0.39, 0.29) is 5.97 Å². The maximum atomic E-state index is 11.0. The minimum absolute atomic E-state index is 0.336. The average Bonchev–Trinajstić information content (AvgIpc) is 2.36. The summed E-state index contributed by atoms with van der Waals surface area (Å²) in [5, 5.41) is 1.70. The fraction of sp³-hybridized carbons (Fsp3) is 0.333. The highest BCUT2D eigenvalue weighted by Crippen LogP contribution is 1.99. The monoisotopic (exact) mass is 169 g/mol. The van der Waals surface area contributed by atoms with E-state index in [0.29, 0.717) is 12.3 Å². The lowest BCUT2D eigenvalue weighted by atomic mass is 10.2. The van der Waals surface area contributed by atoms with E-state index in [9.17, 15) is 4.79 Å². The van der Waals surface area contributed by atoms with Gasteiger partial charge in [-0.15, -0.1) is 11.3 Å². The summed E-state index contributed by atoms with van der Waals surface area (Å²) in [7, 11) is 1.85. The second kappa shape index (κ2) is 3.53. The van der Waals surface area contributed by atoms with Gasteiger partial charge in [-0.3, -0.25) is 0 Å². The third kappa shape index (κ3) is 2.05. The minimum Gasteiger partial charge on any atom is -0.461 e. The Bertz CT molecular complexity index is 261. The van der Waals surface area contributed by atoms with Gasteiger partial charge in [-0.2, -0.15) is 0 Å². The summed E-state index contributed by atoms with van der Waals surface area (Å²) in [6.07, 6.45) is 0. The van der Waals surface area contributed by atoms with E-state index < -0.39 is 0 Å². The number of hydrogen-bond donors (Lipinski definition) is 0. The van der Waals surface area contributed by atoms with E-state index in [2.05, 4.69) is 4.98 Å². The Labute approximate surface area is 69.8 Å². The summed E-state index contributed by atoms with van der Waals surface area (Å²) in [5.74, 6) is -0.336. The van der Waals surface area contributed by atoms with Gasteiger partial charge in [-0.05, 0) is 6.92 Å². The molecule has 0 amide bonds. The Morgan fingerprint density at radius 3 is 3.09 bits per heavy atom. The molecule has 0 saturated heterocycles. The summed E-state index contributed by atoms with van der Waals surface area (Å²) < 4.78 is 4.75. The Hall–Kier alpha value is -0.835. The molecule has 11 heavy (non-hydrogen) atoms. The second-order valence-corrected chi connectivity index (χ2v) is 3.03. The fourth-order valence-corrected chi connectivity index (χ4v) is 1.24. The number of rotatable bonds is 2. The smallest absolute Gasteiger partial charge is 0.357 e. The molecule has 0 fully saturated rings. The zero-order chi connectivity index (χ0) is 8.27. The molecule has 0 aromatic carbocycles. The molecule has 1 aromatic rings. The number of carbonyl (C=O) groups excluding carboxylic acids is 1. The standard InChI is InChI=1S/C6H8BNO2S/c1-2-10-5(9)4-3-11-6(7)8-4/h3H,2,7H2,1H3. The van der Waals surface area contributed by atoms with Gasteiger partial charge < -0.3 is 4.74 Å². The normalized spacial score (nSPS) is 9.55. The van der Waals surface area contributed by atoms with Crippen molar-refractivity contribution in [1.82, 2.24) is 4.98 Å². The van der Waals surface area contributed by atoms with Crippen molar-refractivity contribution in [3.05, 3.63) is 11.1 Å². The number of ether oxygens (including phenoxy) is 1. The summed E-state index contributed by atoms with van der Waals surface area (Å²) in [6, 6.07) is 0. The minimum atomic E-state index is -0.336. The maximum Gasteiger partial charge on any atom is 0.357 e. The number of carbonyl (C=O) groups is 1. The first-order valence-electron chi connectivity index (χ1n) is 3.33. The van der Waals surface area contributed by atoms with E-state index >= 15 is 0 Å². The van der Waals surface area contributed by atoms with Crippen LogP contribution in [0.2, 0.25) is 0 Å². The third-order valence-corrected chi connectivity index (χ3v) is 1.88. The highest BCUT2D eigenvalue weighted by molar-refractivity contribution is 7.17. The molecule has 0 aliphatic rings. The van der Waals surface area contributed by atoms with Crippen LogP contribution < -0.4 is 4.91 Å². The molecule has 0 radical (unpaired) electrons. The van der Waals surface area contributed by atoms with Gasteiger partial charge in [0.2, 0.25) is 0 Å². The highest BCUT2D eigenvalue weighted by atomic mass is 32.1. The largest absolute Gasteiger partial charge is 0.461 e. The van der Waals surface area contributed by atoms with Crippen LogP contribution in [0.4, 0.5) is 0 Å². The van der Waals surface area contributed by atoms with Gasteiger partial charge in [-0.25, -0.2) is 9.78 Å². The van der Waals surface area contributed by atoms with Gasteiger partial charge >= 0.3 is 5.97 Å². The van der Waals surface area contributed by atoms with Gasteiger partial charge in [-0.1, -0.05) is 0 Å². The van der Waals surface area contributed by atoms with Crippen LogP contribution in [0, 0.1) is 0 Å². The average molecular weight is 169 g/mol. The Morgan fingerprint density at radius 1 is 1.91 bits per heavy atom. The second-order valence-electron chi connectivity index (χ2n) is 1.97. The van der Waals surface area contributed by atoms with Crippen molar-refractivity contribution in [2.75, 3.05) is 6.61 Å². The molecular weight excluding hydrogens is 161 g/mol. The molecule has 0 saturated carbocycles. The molecule has 1 aromatic heterocycles. The number of hydrogen-bond acceptors (Lipinski definition) is 4. The quantitative estimate of drug-likeness (QED) is 0.445. The van der Waals surface area contributed by atoms with Crippen LogP contribution in [0.5, 0.6) is 0 Å². The van der Waals surface area contributed by atoms with E-state index in [1.54, 1.807) is 12.3 Å². The van der Waals surface area contributed by atoms with Crippen molar-refractivity contribution in [2.45, 2.75) is 6.92 Å². The van der Waals surface area contributed by atoms with Gasteiger partial charge in [0.05, 0.1) is 6.61 Å². The van der Waals surface area contributed by atoms with Gasteiger partial charge in [0.25, 0.3) is 0 Å². The van der Waals surface area contributed by atoms with Crippen molar-refractivity contribution in [3.63, 3.8) is 0 Å². The van der Waals surface area contributed by atoms with Crippen molar-refractivity contribution in [1.29, 1.82) is 0 Å². The Kier molecular flexibility index (Phi) is 2.65. The van der Waals surface area contributed by atoms with Crippen LogP contribution in [-0.4, -0.2) is 25.4 Å². The Balaban J connectivity index is 2.69. The zero-order valence-corrected chi connectivity index (χ0v) is 7.27. The molecule has 0 unspecified atom stereocenters. The topological polar surface area (TPSA) is 39.2 Å². The summed E-state index contributed by atoms with van der Waals surface area (Å²) >= 11 is 1.45. The Morgan fingerprint density at radius 2 is 2.64 bits per heavy atom. The molecule has 0 spiro atoms. The predicted octanol–water partition coefficient (Wildman–Crippen LogP) is -0.422. The van der Waals surface area contributed by atoms with E-state index in [1.165, 1.54) is 11.3 Å². The molecule has 0 bridgehead atoms. The molecule has 1 heterocycles. The van der Waals surface area contributed by atoms with Crippen molar-refractivity contribution >= 4 is 30.1 Å². The molecule has 0 aliphatic carbocycles. The molecule has 0 atom stereocenters. The molecular formula is C6H8BNO2S. The van der Waals surface area contributed by atoms with Crippen LogP contribution in [-0.2, 0) is 4.74 Å². The summed E-state index contributed by atoms with van der Waals surface area (Å²) in [5.41, 5.74) is 0.411. The summed E-state index contributed by atoms with van der Waals surface area (Å²) in [6.45, 7) is 2.17. The van der Waals surface area contributed by atoms with Gasteiger partial charge in [0, 0.05) is 10.3 Å². The number of thiazole rings is 1. The van der Waals surface area contributed by atoms with E-state index in [0.717, 1.165) is 4.91 Å². The summed E-state index contributed by atoms with van der Waals surface area (Å²) in [4.78, 5) is 15.8. The molecule has 3 nitrogen and oxygen atoms in total. The van der Waals surface area contributed by atoms with E-state index in [1.807, 2.05) is 7.85 Å². The van der Waals surface area contributed by atoms with Crippen molar-refractivity contribution < 1.29 is 9.53 Å². The van der Waals surface area contributed by atoms with Crippen molar-refractivity contribution in [2.24, 2.45) is 0 Å². The lowest BCUT2D eigenvalue weighted by molar-refractivity contribution is 0.0520. The van der Waals surface area contributed by atoms with Crippen LogP contribution in [0.15, 0.2) is 5.38 Å². The van der Waals surface area contributed by atoms with Gasteiger partial charge in [0.15, 0.2) is 13.5 Å². The van der Waals surface area contributed by atoms with Crippen LogP contribution >= 0.6 is 11.3 Å². The first-order valence-corrected chi connectivity index (χ1v) is 4.21. The van der Waals surface area contributed by atoms with Crippen LogP contribution in [0.1, 0.15) is 17.4 Å². The number of nitrogens with zero attached hydrogens (tertiary/aromatic N) is 1. The lowest BCUT2D eigenvalue weighted by Gasteiger charge is -1.95. The molecule has 0 N–H and O–H groups in total. The maximum absolute atomic E-state index is 11.0. The van der Waals surface area contributed by atoms with Crippen molar-refractivity contribution in [3.8, 4) is 0 Å². The van der Waals surface area contributed by atoms with Crippen LogP contribution in [0.25, 0.3) is 0 Å². The van der Waals surface area contributed by atoms with Crippen LogP contribution in [0.3, 0.4) is 0 Å². The number of aromatic nitrogens is 1. The lowest BCUT2D eigenvalue weighted by Crippen LogP contribution is -2.08. The first kappa shape index (κ1) is 8.26. The molecule has 1 rings (SSSR count). The highest BCUT2D eigenvalue weighted by Gasteiger charge is 2.08. The first-order chi connectivity index (χ1) is 5.24. The molecule has 0 aliphatic heterocycles. The third-order valence-electron chi connectivity index (χ3n) is 1.10. The fourth-order valence-electron chi connectivity index (χ4n) is 0.662. The SMILES string of the molecule is Bc1nc(C(=O)OCC)cs1.